The highest BCUT2D eigenvalue weighted by atomic mass is 32.1. The van der Waals surface area contributed by atoms with Crippen molar-refractivity contribution < 1.29 is 14.4 Å². The molecule has 1 fully saturated rings. The third-order valence-electron chi connectivity index (χ3n) is 5.75. The molecule has 1 saturated heterocycles. The van der Waals surface area contributed by atoms with Crippen molar-refractivity contribution in [3.63, 3.8) is 0 Å². The molecule has 2 aliphatic rings. The Morgan fingerprint density at radius 2 is 2.07 bits per heavy atom. The zero-order valence-corrected chi connectivity index (χ0v) is 16.8. The van der Waals surface area contributed by atoms with E-state index in [4.69, 9.17) is 4.74 Å². The van der Waals surface area contributed by atoms with Gasteiger partial charge in [-0.15, -0.1) is 11.3 Å². The quantitative estimate of drug-likeness (QED) is 0.829. The van der Waals surface area contributed by atoms with Gasteiger partial charge in [0.15, 0.2) is 0 Å². The number of hydrogen-bond acceptors (Lipinski definition) is 3. The number of thiophene rings is 1. The summed E-state index contributed by atoms with van der Waals surface area (Å²) in [5.41, 5.74) is 2.57. The number of quaternary nitrogens is 1. The molecule has 1 aromatic carbocycles. The van der Waals surface area contributed by atoms with Gasteiger partial charge < -0.3 is 15.0 Å². The summed E-state index contributed by atoms with van der Waals surface area (Å²) in [6.45, 7) is 6.83. The van der Waals surface area contributed by atoms with E-state index in [-0.39, 0.29) is 11.9 Å². The second-order valence-electron chi connectivity index (χ2n) is 7.91. The van der Waals surface area contributed by atoms with Gasteiger partial charge in [-0.1, -0.05) is 37.3 Å². The van der Waals surface area contributed by atoms with Gasteiger partial charge in [-0.2, -0.15) is 0 Å². The lowest BCUT2D eigenvalue weighted by Crippen LogP contribution is -3.14. The van der Waals surface area contributed by atoms with E-state index in [9.17, 15) is 4.79 Å². The topological polar surface area (TPSA) is 42.8 Å². The number of aryl methyl sites for hydroxylation is 1. The summed E-state index contributed by atoms with van der Waals surface area (Å²) >= 11 is 1.69. The second-order valence-corrected chi connectivity index (χ2v) is 9.05. The van der Waals surface area contributed by atoms with Crippen LogP contribution in [0.3, 0.4) is 0 Å². The summed E-state index contributed by atoms with van der Waals surface area (Å²) in [7, 11) is 0. The van der Waals surface area contributed by atoms with Crippen molar-refractivity contribution in [2.24, 2.45) is 5.92 Å². The summed E-state index contributed by atoms with van der Waals surface area (Å²) in [4.78, 5) is 16.8. The number of benzene rings is 1. The number of carbonyl (C=O) groups is 1. The molecule has 5 heteroatoms. The van der Waals surface area contributed by atoms with Gasteiger partial charge in [0.05, 0.1) is 18.1 Å². The molecule has 0 radical (unpaired) electrons. The molecule has 0 spiro atoms. The van der Waals surface area contributed by atoms with Crippen LogP contribution in [0.25, 0.3) is 0 Å². The summed E-state index contributed by atoms with van der Waals surface area (Å²) in [6, 6.07) is 12.5. The Morgan fingerprint density at radius 3 is 2.85 bits per heavy atom. The number of fused-ring (bicyclic) bond motifs is 1. The highest BCUT2D eigenvalue weighted by Crippen LogP contribution is 2.32. The normalized spacial score (nSPS) is 21.4. The fraction of sp³-hybridized carbons (Fsp3) is 0.500. The molecule has 1 aromatic heterocycles. The fourth-order valence-corrected chi connectivity index (χ4v) is 5.25. The molecule has 2 aromatic rings. The first-order valence-electron chi connectivity index (χ1n) is 10.1. The molecule has 144 valence electrons. The minimum Gasteiger partial charge on any atom is -0.370 e. The van der Waals surface area contributed by atoms with E-state index in [1.54, 1.807) is 11.3 Å². The Morgan fingerprint density at radius 1 is 1.30 bits per heavy atom. The summed E-state index contributed by atoms with van der Waals surface area (Å²) in [5.74, 6) is 0.800. The van der Waals surface area contributed by atoms with Crippen molar-refractivity contribution in [1.82, 2.24) is 5.32 Å². The van der Waals surface area contributed by atoms with E-state index in [0.717, 1.165) is 56.5 Å². The van der Waals surface area contributed by atoms with Crippen molar-refractivity contribution in [3.8, 4) is 0 Å². The standard InChI is InChI=1S/C22H28N2O2S/c1-16-7-8-20-18(13-16)14-21(27-20)22(25)23-19(17-5-3-2-4-6-17)15-24-9-11-26-12-10-24/h2-6,14,16,19H,7-13,15H2,1H3,(H,23,25)/p+1/t16-,19+/m1/s1. The Bertz CT molecular complexity index is 768. The molecule has 2 atom stereocenters. The first-order chi connectivity index (χ1) is 13.2. The van der Waals surface area contributed by atoms with E-state index in [1.807, 2.05) is 18.2 Å². The molecule has 1 amide bonds. The van der Waals surface area contributed by atoms with Crippen LogP contribution in [0.1, 0.15) is 45.1 Å². The largest absolute Gasteiger partial charge is 0.370 e. The van der Waals surface area contributed by atoms with Crippen LogP contribution in [-0.4, -0.2) is 38.8 Å². The molecular weight excluding hydrogens is 356 g/mol. The highest BCUT2D eigenvalue weighted by Gasteiger charge is 2.25. The molecule has 1 aliphatic carbocycles. The maximum Gasteiger partial charge on any atom is 0.262 e. The summed E-state index contributed by atoms with van der Waals surface area (Å²) in [6.07, 6.45) is 3.47. The zero-order valence-electron chi connectivity index (χ0n) is 16.0. The molecule has 2 N–H and O–H groups in total. The van der Waals surface area contributed by atoms with Crippen molar-refractivity contribution in [2.75, 3.05) is 32.8 Å². The average molecular weight is 386 g/mol. The molecular formula is C22H29N2O2S+. The number of carbonyl (C=O) groups excluding carboxylic acids is 1. The van der Waals surface area contributed by atoms with E-state index >= 15 is 0 Å². The first kappa shape index (κ1) is 18.7. The van der Waals surface area contributed by atoms with Crippen LogP contribution in [0.15, 0.2) is 36.4 Å². The molecule has 2 heterocycles. The molecule has 0 saturated carbocycles. The van der Waals surface area contributed by atoms with Gasteiger partial charge in [0.25, 0.3) is 5.91 Å². The molecule has 4 nitrogen and oxygen atoms in total. The maximum atomic E-state index is 13.0. The zero-order chi connectivity index (χ0) is 18.6. The molecule has 0 bridgehead atoms. The SMILES string of the molecule is C[C@@H]1CCc2sc(C(=O)N[C@@H](C[NH+]3CCOCC3)c3ccccc3)cc2C1. The van der Waals surface area contributed by atoms with Crippen LogP contribution in [0.2, 0.25) is 0 Å². The lowest BCUT2D eigenvalue weighted by molar-refractivity contribution is -0.909. The molecule has 27 heavy (non-hydrogen) atoms. The van der Waals surface area contributed by atoms with Gasteiger partial charge in [-0.05, 0) is 42.4 Å². The Hall–Kier alpha value is -1.69. The predicted molar refractivity (Wildman–Crippen MR) is 109 cm³/mol. The molecule has 4 rings (SSSR count). The van der Waals surface area contributed by atoms with Gasteiger partial charge in [-0.3, -0.25) is 4.79 Å². The lowest BCUT2D eigenvalue weighted by Gasteiger charge is -2.28. The minimum atomic E-state index is 0.0323. The Labute approximate surface area is 165 Å². The number of amides is 1. The van der Waals surface area contributed by atoms with Gasteiger partial charge in [0.1, 0.15) is 25.7 Å². The van der Waals surface area contributed by atoms with E-state index in [2.05, 4.69) is 30.4 Å². The smallest absolute Gasteiger partial charge is 0.262 e. The van der Waals surface area contributed by atoms with Gasteiger partial charge in [-0.25, -0.2) is 0 Å². The number of nitrogens with one attached hydrogen (secondary N) is 2. The van der Waals surface area contributed by atoms with Gasteiger partial charge in [0, 0.05) is 4.88 Å². The summed E-state index contributed by atoms with van der Waals surface area (Å²) < 4.78 is 5.49. The molecule has 0 unspecified atom stereocenters. The average Bonchev–Trinajstić information content (AvgIpc) is 3.12. The Balaban J connectivity index is 1.49. The second kappa shape index (κ2) is 8.55. The first-order valence-corrected chi connectivity index (χ1v) is 10.9. The van der Waals surface area contributed by atoms with Crippen molar-refractivity contribution in [3.05, 3.63) is 57.3 Å². The fourth-order valence-electron chi connectivity index (χ4n) is 4.14. The van der Waals surface area contributed by atoms with E-state index < -0.39 is 0 Å². The minimum absolute atomic E-state index is 0.0323. The number of ether oxygens (including phenoxy) is 1. The van der Waals surface area contributed by atoms with Gasteiger partial charge in [0.2, 0.25) is 0 Å². The highest BCUT2D eigenvalue weighted by molar-refractivity contribution is 7.14. The van der Waals surface area contributed by atoms with Crippen LogP contribution < -0.4 is 10.2 Å². The van der Waals surface area contributed by atoms with E-state index in [1.165, 1.54) is 27.3 Å². The lowest BCUT2D eigenvalue weighted by atomic mass is 9.90. The molecule has 1 aliphatic heterocycles. The van der Waals surface area contributed by atoms with Crippen LogP contribution >= 0.6 is 11.3 Å². The maximum absolute atomic E-state index is 13.0. The van der Waals surface area contributed by atoms with Crippen molar-refractivity contribution in [1.29, 1.82) is 0 Å². The number of hydrogen-bond donors (Lipinski definition) is 2. The van der Waals surface area contributed by atoms with Crippen LogP contribution in [-0.2, 0) is 17.6 Å². The van der Waals surface area contributed by atoms with Crippen molar-refractivity contribution in [2.45, 2.75) is 32.2 Å². The number of rotatable bonds is 5. The van der Waals surface area contributed by atoms with E-state index in [0.29, 0.717) is 0 Å². The monoisotopic (exact) mass is 385 g/mol. The number of morpholine rings is 1. The van der Waals surface area contributed by atoms with Crippen LogP contribution in [0.5, 0.6) is 0 Å². The summed E-state index contributed by atoms with van der Waals surface area (Å²) in [5, 5.41) is 3.33. The predicted octanol–water partition coefficient (Wildman–Crippen LogP) is 2.26. The van der Waals surface area contributed by atoms with Gasteiger partial charge >= 0.3 is 0 Å². The third-order valence-corrected chi connectivity index (χ3v) is 6.99. The van der Waals surface area contributed by atoms with Crippen LogP contribution in [0.4, 0.5) is 0 Å². The Kier molecular flexibility index (Phi) is 5.91. The van der Waals surface area contributed by atoms with Crippen LogP contribution in [0, 0.1) is 5.92 Å². The van der Waals surface area contributed by atoms with Crippen molar-refractivity contribution >= 4 is 17.2 Å². The third kappa shape index (κ3) is 4.60.